The number of aryl methyl sites for hydroxylation is 1. The smallest absolute Gasteiger partial charge is 0.261 e. The van der Waals surface area contributed by atoms with Crippen LogP contribution >= 0.6 is 0 Å². The van der Waals surface area contributed by atoms with Crippen LogP contribution in [0.1, 0.15) is 50.3 Å². The van der Waals surface area contributed by atoms with Gasteiger partial charge >= 0.3 is 0 Å². The molecule has 4 heteroatoms. The van der Waals surface area contributed by atoms with Gasteiger partial charge in [-0.15, -0.1) is 0 Å². The van der Waals surface area contributed by atoms with Gasteiger partial charge in [-0.3, -0.25) is 0 Å². The summed E-state index contributed by atoms with van der Waals surface area (Å²) in [6, 6.07) is 8.68. The lowest BCUT2D eigenvalue weighted by Crippen LogP contribution is -2.24. The number of hydrogen-bond acceptors (Lipinski definition) is 2. The molecule has 2 nitrogen and oxygen atoms in total. The first kappa shape index (κ1) is 18.1. The van der Waals surface area contributed by atoms with Crippen molar-refractivity contribution in [3.8, 4) is 0 Å². The highest BCUT2D eigenvalue weighted by Crippen LogP contribution is 2.19. The zero-order valence-electron chi connectivity index (χ0n) is 13.1. The summed E-state index contributed by atoms with van der Waals surface area (Å²) in [7, 11) is 0. The summed E-state index contributed by atoms with van der Waals surface area (Å²) < 4.78 is 29.2. The van der Waals surface area contributed by atoms with Crippen LogP contribution in [0.25, 0.3) is 0 Å². The van der Waals surface area contributed by atoms with Gasteiger partial charge in [-0.2, -0.15) is 0 Å². The first-order chi connectivity index (χ1) is 10.2. The number of nitrogens with one attached hydrogen (secondary N) is 1. The number of alkyl halides is 2. The molecule has 1 unspecified atom stereocenters. The molecule has 1 aromatic carbocycles. The van der Waals surface area contributed by atoms with Crippen molar-refractivity contribution in [1.29, 1.82) is 0 Å². The summed E-state index contributed by atoms with van der Waals surface area (Å²) in [6.45, 7) is 5.07. The lowest BCUT2D eigenvalue weighted by Gasteiger charge is -2.20. The Morgan fingerprint density at radius 2 is 2.00 bits per heavy atom. The Kier molecular flexibility index (Phi) is 9.19. The molecule has 0 aliphatic heterocycles. The molecule has 0 aliphatic carbocycles. The SMILES string of the molecule is CCCNC(CCOCC(F)F)c1cccc(CCC)c1. The molecule has 0 saturated carbocycles. The Labute approximate surface area is 126 Å². The third-order valence-electron chi connectivity index (χ3n) is 3.33. The number of ether oxygens (including phenoxy) is 1. The van der Waals surface area contributed by atoms with Gasteiger partial charge in [0, 0.05) is 12.6 Å². The molecule has 0 spiro atoms. The van der Waals surface area contributed by atoms with Crippen molar-refractivity contribution in [2.75, 3.05) is 19.8 Å². The van der Waals surface area contributed by atoms with Gasteiger partial charge in [0.05, 0.1) is 0 Å². The summed E-state index contributed by atoms with van der Waals surface area (Å²) in [5.74, 6) is 0. The summed E-state index contributed by atoms with van der Waals surface area (Å²) in [5.41, 5.74) is 2.54. The van der Waals surface area contributed by atoms with Crippen molar-refractivity contribution in [1.82, 2.24) is 5.32 Å². The van der Waals surface area contributed by atoms with Crippen molar-refractivity contribution in [2.24, 2.45) is 0 Å². The first-order valence-corrected chi connectivity index (χ1v) is 7.85. The first-order valence-electron chi connectivity index (χ1n) is 7.85. The van der Waals surface area contributed by atoms with Crippen LogP contribution in [0.4, 0.5) is 8.78 Å². The quantitative estimate of drug-likeness (QED) is 0.613. The van der Waals surface area contributed by atoms with Gasteiger partial charge < -0.3 is 10.1 Å². The van der Waals surface area contributed by atoms with Crippen molar-refractivity contribution in [2.45, 2.75) is 52.0 Å². The molecular formula is C17H27F2NO. The third-order valence-corrected chi connectivity index (χ3v) is 3.33. The lowest BCUT2D eigenvalue weighted by molar-refractivity contribution is 0.0143. The maximum Gasteiger partial charge on any atom is 0.261 e. The molecule has 0 radical (unpaired) electrons. The maximum atomic E-state index is 12.1. The highest BCUT2D eigenvalue weighted by Gasteiger charge is 2.12. The van der Waals surface area contributed by atoms with Crippen LogP contribution in [0.15, 0.2) is 24.3 Å². The maximum absolute atomic E-state index is 12.1. The molecule has 120 valence electrons. The van der Waals surface area contributed by atoms with E-state index in [-0.39, 0.29) is 6.04 Å². The molecule has 1 atom stereocenters. The molecule has 0 fully saturated rings. The van der Waals surface area contributed by atoms with Crippen LogP contribution in [0.2, 0.25) is 0 Å². The average molecular weight is 299 g/mol. The van der Waals surface area contributed by atoms with E-state index in [0.29, 0.717) is 13.0 Å². The zero-order chi connectivity index (χ0) is 15.5. The largest absolute Gasteiger partial charge is 0.375 e. The number of rotatable bonds is 11. The number of halogens is 2. The molecule has 0 heterocycles. The fraction of sp³-hybridized carbons (Fsp3) is 0.647. The summed E-state index contributed by atoms with van der Waals surface area (Å²) in [6.07, 6.45) is 1.55. The van der Waals surface area contributed by atoms with E-state index in [2.05, 4.69) is 43.4 Å². The highest BCUT2D eigenvalue weighted by molar-refractivity contribution is 5.26. The van der Waals surface area contributed by atoms with E-state index in [1.807, 2.05) is 0 Å². The van der Waals surface area contributed by atoms with E-state index in [1.165, 1.54) is 11.1 Å². The predicted octanol–water partition coefficient (Wildman–Crippen LogP) is 4.35. The fourth-order valence-electron chi connectivity index (χ4n) is 2.33. The zero-order valence-corrected chi connectivity index (χ0v) is 13.1. The normalized spacial score (nSPS) is 12.8. The molecule has 0 aliphatic rings. The molecule has 0 aromatic heterocycles. The van der Waals surface area contributed by atoms with Crippen LogP contribution in [-0.2, 0) is 11.2 Å². The second kappa shape index (κ2) is 10.7. The Hall–Kier alpha value is -1.00. The lowest BCUT2D eigenvalue weighted by atomic mass is 9.99. The van der Waals surface area contributed by atoms with E-state index in [0.717, 1.165) is 25.8 Å². The highest BCUT2D eigenvalue weighted by atomic mass is 19.3. The van der Waals surface area contributed by atoms with Gasteiger partial charge in [-0.05, 0) is 36.9 Å². The minimum absolute atomic E-state index is 0.166. The topological polar surface area (TPSA) is 21.3 Å². The molecular weight excluding hydrogens is 272 g/mol. The Balaban J connectivity index is 2.60. The molecule has 21 heavy (non-hydrogen) atoms. The Morgan fingerprint density at radius 1 is 1.19 bits per heavy atom. The van der Waals surface area contributed by atoms with Crippen LogP contribution in [0, 0.1) is 0 Å². The van der Waals surface area contributed by atoms with Crippen LogP contribution in [-0.4, -0.2) is 26.2 Å². The van der Waals surface area contributed by atoms with Gasteiger partial charge in [0.15, 0.2) is 0 Å². The van der Waals surface area contributed by atoms with Crippen LogP contribution in [0.3, 0.4) is 0 Å². The fourth-order valence-corrected chi connectivity index (χ4v) is 2.33. The molecule has 1 rings (SSSR count). The molecule has 0 bridgehead atoms. The van der Waals surface area contributed by atoms with E-state index < -0.39 is 13.0 Å². The molecule has 1 N–H and O–H groups in total. The average Bonchev–Trinajstić information content (AvgIpc) is 2.47. The minimum Gasteiger partial charge on any atom is -0.375 e. The Morgan fingerprint density at radius 3 is 2.67 bits per heavy atom. The van der Waals surface area contributed by atoms with Gasteiger partial charge in [0.1, 0.15) is 6.61 Å². The Bertz CT molecular complexity index is 385. The van der Waals surface area contributed by atoms with E-state index in [4.69, 9.17) is 4.74 Å². The van der Waals surface area contributed by atoms with Gasteiger partial charge in [-0.25, -0.2) is 8.78 Å². The predicted molar refractivity (Wildman–Crippen MR) is 82.9 cm³/mol. The van der Waals surface area contributed by atoms with Crippen LogP contribution in [0.5, 0.6) is 0 Å². The standard InChI is InChI=1S/C17H27F2NO/c1-3-6-14-7-5-8-15(12-14)16(20-10-4-2)9-11-21-13-17(18)19/h5,7-8,12,16-17,20H,3-4,6,9-11,13H2,1-2H3. The second-order valence-corrected chi connectivity index (χ2v) is 5.26. The van der Waals surface area contributed by atoms with E-state index in [1.54, 1.807) is 0 Å². The van der Waals surface area contributed by atoms with Gasteiger partial charge in [0.25, 0.3) is 6.43 Å². The summed E-state index contributed by atoms with van der Waals surface area (Å²) in [5, 5.41) is 3.48. The third kappa shape index (κ3) is 7.53. The summed E-state index contributed by atoms with van der Waals surface area (Å²) >= 11 is 0. The number of benzene rings is 1. The van der Waals surface area contributed by atoms with Gasteiger partial charge in [0.2, 0.25) is 0 Å². The van der Waals surface area contributed by atoms with Gasteiger partial charge in [-0.1, -0.05) is 44.5 Å². The molecule has 1 aromatic rings. The monoisotopic (exact) mass is 299 g/mol. The van der Waals surface area contributed by atoms with E-state index in [9.17, 15) is 8.78 Å². The minimum atomic E-state index is -2.39. The van der Waals surface area contributed by atoms with Crippen molar-refractivity contribution in [3.63, 3.8) is 0 Å². The second-order valence-electron chi connectivity index (χ2n) is 5.26. The summed E-state index contributed by atoms with van der Waals surface area (Å²) in [4.78, 5) is 0. The van der Waals surface area contributed by atoms with E-state index >= 15 is 0 Å². The van der Waals surface area contributed by atoms with Crippen LogP contribution < -0.4 is 5.32 Å². The van der Waals surface area contributed by atoms with Crippen molar-refractivity contribution >= 4 is 0 Å². The molecule has 0 amide bonds. The molecule has 0 saturated heterocycles. The van der Waals surface area contributed by atoms with Crippen molar-refractivity contribution < 1.29 is 13.5 Å². The van der Waals surface area contributed by atoms with Crippen molar-refractivity contribution in [3.05, 3.63) is 35.4 Å². The number of hydrogen-bond donors (Lipinski definition) is 1.